The minimum absolute atomic E-state index is 0.0181. The lowest BCUT2D eigenvalue weighted by atomic mass is 9.92. The van der Waals surface area contributed by atoms with Crippen LogP contribution in [0.25, 0.3) is 0 Å². The van der Waals surface area contributed by atoms with Gasteiger partial charge >= 0.3 is 6.18 Å². The zero-order valence-electron chi connectivity index (χ0n) is 17.6. The molecule has 0 saturated carbocycles. The highest BCUT2D eigenvalue weighted by Crippen LogP contribution is 2.37. The number of amides is 2. The van der Waals surface area contributed by atoms with E-state index in [-0.39, 0.29) is 23.5 Å². The first-order valence-corrected chi connectivity index (χ1v) is 10.8. The summed E-state index contributed by atoms with van der Waals surface area (Å²) in [5, 5.41) is 4.38. The number of aromatic amines is 1. The number of hydrogen-bond donors (Lipinski definition) is 3. The maximum Gasteiger partial charge on any atom is 0.417 e. The minimum atomic E-state index is -4.71. The van der Waals surface area contributed by atoms with Crippen LogP contribution in [0.5, 0.6) is 0 Å². The molecule has 2 aromatic rings. The second-order valence-corrected chi connectivity index (χ2v) is 8.74. The molecule has 33 heavy (non-hydrogen) atoms. The highest BCUT2D eigenvalue weighted by atomic mass is 35.5. The number of carbonyl (C=O) groups excluding carboxylic acids is 2. The molecule has 4 rings (SSSR count). The number of halogens is 4. The monoisotopic (exact) mass is 483 g/mol. The summed E-state index contributed by atoms with van der Waals surface area (Å²) in [7, 11) is 0. The number of hydrogen-bond acceptors (Lipinski definition) is 5. The van der Waals surface area contributed by atoms with Crippen LogP contribution in [-0.2, 0) is 15.8 Å². The summed E-state index contributed by atoms with van der Waals surface area (Å²) < 4.78 is 39.4. The molecule has 1 fully saturated rings. The molecule has 12 heteroatoms. The normalized spacial score (nSPS) is 20.8. The molecule has 1 saturated heterocycles. The molecule has 176 valence electrons. The number of fused-ring (bicyclic) bond motifs is 1. The molecule has 2 aliphatic heterocycles. The molecule has 3 N–H and O–H groups in total. The van der Waals surface area contributed by atoms with Gasteiger partial charge in [0.2, 0.25) is 17.8 Å². The lowest BCUT2D eigenvalue weighted by Crippen LogP contribution is -2.40. The number of H-pyrrole nitrogens is 1. The van der Waals surface area contributed by atoms with E-state index >= 15 is 0 Å². The van der Waals surface area contributed by atoms with Gasteiger partial charge in [-0.25, -0.2) is 0 Å². The number of rotatable bonds is 3. The zero-order valence-corrected chi connectivity index (χ0v) is 18.3. The first kappa shape index (κ1) is 23.1. The molecule has 2 aliphatic rings. The van der Waals surface area contributed by atoms with Gasteiger partial charge in [0.25, 0.3) is 5.56 Å². The van der Waals surface area contributed by atoms with Crippen molar-refractivity contribution in [3.8, 4) is 0 Å². The van der Waals surface area contributed by atoms with Gasteiger partial charge in [0.05, 0.1) is 22.1 Å². The Morgan fingerprint density at radius 1 is 1.30 bits per heavy atom. The molecule has 0 aliphatic carbocycles. The zero-order chi connectivity index (χ0) is 23.9. The van der Waals surface area contributed by atoms with E-state index in [9.17, 15) is 27.6 Å². The molecule has 0 unspecified atom stereocenters. The van der Waals surface area contributed by atoms with E-state index < -0.39 is 40.1 Å². The Bertz CT molecular complexity index is 1170. The Morgan fingerprint density at radius 3 is 2.76 bits per heavy atom. The SMILES string of the molecule is C[C@@H]1CCCN(c2nc3c(c(=O)[nH]2)[C@@H](C(=O)Nc2ccc(Cl)c(C(F)(F)F)c2)CC(=O)N3)C1. The molecule has 2 amide bonds. The van der Waals surface area contributed by atoms with Crippen LogP contribution in [0.1, 0.15) is 43.2 Å². The maximum atomic E-state index is 13.1. The molecule has 0 bridgehead atoms. The van der Waals surface area contributed by atoms with E-state index in [1.807, 2.05) is 4.90 Å². The van der Waals surface area contributed by atoms with Crippen molar-refractivity contribution in [3.05, 3.63) is 44.7 Å². The van der Waals surface area contributed by atoms with E-state index in [1.165, 1.54) is 6.07 Å². The van der Waals surface area contributed by atoms with Gasteiger partial charge in [-0.05, 0) is 37.0 Å². The molecule has 1 aromatic heterocycles. The van der Waals surface area contributed by atoms with Crippen LogP contribution < -0.4 is 21.1 Å². The molecular formula is C21H21ClF3N5O3. The van der Waals surface area contributed by atoms with E-state index in [4.69, 9.17) is 11.6 Å². The van der Waals surface area contributed by atoms with Crippen molar-refractivity contribution in [2.45, 2.75) is 38.3 Å². The second kappa shape index (κ2) is 8.69. The highest BCUT2D eigenvalue weighted by molar-refractivity contribution is 6.31. The Labute approximate surface area is 191 Å². The van der Waals surface area contributed by atoms with E-state index in [0.717, 1.165) is 18.9 Å². The first-order chi connectivity index (χ1) is 15.5. The number of aromatic nitrogens is 2. The van der Waals surface area contributed by atoms with Crippen molar-refractivity contribution in [1.82, 2.24) is 9.97 Å². The predicted molar refractivity (Wildman–Crippen MR) is 117 cm³/mol. The second-order valence-electron chi connectivity index (χ2n) is 8.33. The quantitative estimate of drug-likeness (QED) is 0.616. The summed E-state index contributed by atoms with van der Waals surface area (Å²) in [5.41, 5.74) is -1.89. The van der Waals surface area contributed by atoms with Gasteiger partial charge in [0.15, 0.2) is 0 Å². The molecular weight excluding hydrogens is 463 g/mol. The van der Waals surface area contributed by atoms with Crippen LogP contribution in [-0.4, -0.2) is 34.9 Å². The van der Waals surface area contributed by atoms with Gasteiger partial charge < -0.3 is 15.5 Å². The summed E-state index contributed by atoms with van der Waals surface area (Å²) in [4.78, 5) is 47.0. The third-order valence-electron chi connectivity index (χ3n) is 5.75. The number of piperidine rings is 1. The highest BCUT2D eigenvalue weighted by Gasteiger charge is 2.37. The number of nitrogens with zero attached hydrogens (tertiary/aromatic N) is 2. The van der Waals surface area contributed by atoms with E-state index in [0.29, 0.717) is 31.0 Å². The number of alkyl halides is 3. The van der Waals surface area contributed by atoms with Crippen LogP contribution in [0.4, 0.5) is 30.6 Å². The maximum absolute atomic E-state index is 13.1. The third kappa shape index (κ3) is 4.82. The first-order valence-electron chi connectivity index (χ1n) is 10.4. The van der Waals surface area contributed by atoms with Crippen LogP contribution in [0, 0.1) is 5.92 Å². The summed E-state index contributed by atoms with van der Waals surface area (Å²) in [6, 6.07) is 2.93. The molecule has 8 nitrogen and oxygen atoms in total. The van der Waals surface area contributed by atoms with Gasteiger partial charge in [0.1, 0.15) is 5.82 Å². The summed E-state index contributed by atoms with van der Waals surface area (Å²) in [6.45, 7) is 3.48. The lowest BCUT2D eigenvalue weighted by molar-refractivity contribution is -0.137. The molecule has 2 atom stereocenters. The molecule has 1 aromatic carbocycles. The fourth-order valence-electron chi connectivity index (χ4n) is 4.16. The largest absolute Gasteiger partial charge is 0.417 e. The van der Waals surface area contributed by atoms with Gasteiger partial charge in [0, 0.05) is 25.2 Å². The van der Waals surface area contributed by atoms with Crippen molar-refractivity contribution in [3.63, 3.8) is 0 Å². The standard InChI is InChI=1S/C21H21ClF3N5O3/c1-10-3-2-6-30(9-10)20-28-17-16(19(33)29-20)12(8-15(31)27-17)18(32)26-11-4-5-14(22)13(7-11)21(23,24)25/h4-5,7,10,12H,2-3,6,8-9H2,1H3,(H,26,32)(H2,27,28,29,31,33)/t10-,12+/m1/s1. The Morgan fingerprint density at radius 2 is 2.06 bits per heavy atom. The van der Waals surface area contributed by atoms with Crippen molar-refractivity contribution >= 4 is 40.9 Å². The van der Waals surface area contributed by atoms with Gasteiger partial charge in [-0.1, -0.05) is 18.5 Å². The van der Waals surface area contributed by atoms with Gasteiger partial charge in [-0.15, -0.1) is 0 Å². The number of benzene rings is 1. The smallest absolute Gasteiger partial charge is 0.342 e. The lowest BCUT2D eigenvalue weighted by Gasteiger charge is -2.32. The summed E-state index contributed by atoms with van der Waals surface area (Å²) in [6.07, 6.45) is -3.06. The van der Waals surface area contributed by atoms with Crippen LogP contribution >= 0.6 is 11.6 Å². The summed E-state index contributed by atoms with van der Waals surface area (Å²) >= 11 is 5.62. The number of anilines is 3. The van der Waals surface area contributed by atoms with Crippen LogP contribution in [0.3, 0.4) is 0 Å². The average Bonchev–Trinajstić information content (AvgIpc) is 2.73. The number of nitrogens with one attached hydrogen (secondary N) is 3. The van der Waals surface area contributed by atoms with Crippen molar-refractivity contribution < 1.29 is 22.8 Å². The Hall–Kier alpha value is -3.08. The predicted octanol–water partition coefficient (Wildman–Crippen LogP) is 3.74. The Kier molecular flexibility index (Phi) is 6.08. The minimum Gasteiger partial charge on any atom is -0.342 e. The van der Waals surface area contributed by atoms with Crippen LogP contribution in [0.15, 0.2) is 23.0 Å². The van der Waals surface area contributed by atoms with Gasteiger partial charge in [-0.2, -0.15) is 18.2 Å². The van der Waals surface area contributed by atoms with Crippen molar-refractivity contribution in [2.24, 2.45) is 5.92 Å². The van der Waals surface area contributed by atoms with E-state index in [2.05, 4.69) is 27.5 Å². The topological polar surface area (TPSA) is 107 Å². The van der Waals surface area contributed by atoms with Crippen molar-refractivity contribution in [1.29, 1.82) is 0 Å². The van der Waals surface area contributed by atoms with Crippen molar-refractivity contribution in [2.75, 3.05) is 28.6 Å². The summed E-state index contributed by atoms with van der Waals surface area (Å²) in [5.74, 6) is -1.84. The number of carbonyl (C=O) groups is 2. The fraction of sp³-hybridized carbons (Fsp3) is 0.429. The fourth-order valence-corrected chi connectivity index (χ4v) is 4.39. The Balaban J connectivity index is 1.63. The third-order valence-corrected chi connectivity index (χ3v) is 6.08. The average molecular weight is 484 g/mol. The van der Waals surface area contributed by atoms with Gasteiger partial charge in [-0.3, -0.25) is 19.4 Å². The molecule has 0 spiro atoms. The molecule has 0 radical (unpaired) electrons. The van der Waals surface area contributed by atoms with Crippen LogP contribution in [0.2, 0.25) is 5.02 Å². The van der Waals surface area contributed by atoms with E-state index in [1.54, 1.807) is 0 Å². The molecule has 3 heterocycles.